The number of hydrogen-bond acceptors (Lipinski definition) is 4. The smallest absolute Gasteiger partial charge is 0.191 e. The normalized spacial score (nSPS) is 15.7. The first-order valence-corrected chi connectivity index (χ1v) is 10.7. The molecule has 3 rings (SSSR count). The van der Waals surface area contributed by atoms with Gasteiger partial charge in [-0.2, -0.15) is 0 Å². The first kappa shape index (κ1) is 25.7. The molecule has 6 nitrogen and oxygen atoms in total. The fraction of sp³-hybridized carbons (Fsp3) is 0.478. The van der Waals surface area contributed by atoms with Gasteiger partial charge in [0.05, 0.1) is 7.11 Å². The number of aromatic nitrogens is 1. The number of guanidine groups is 1. The lowest BCUT2D eigenvalue weighted by molar-refractivity contribution is 0.0505. The molecule has 1 aromatic heterocycles. The third-order valence-corrected chi connectivity index (χ3v) is 5.91. The van der Waals surface area contributed by atoms with Crippen molar-refractivity contribution >= 4 is 41.5 Å². The minimum absolute atomic E-state index is 0. The van der Waals surface area contributed by atoms with E-state index in [0.717, 1.165) is 62.8 Å². The number of halogens is 2. The van der Waals surface area contributed by atoms with E-state index in [1.54, 1.807) is 20.4 Å². The zero-order valence-electron chi connectivity index (χ0n) is 18.4. The molecule has 1 fully saturated rings. The number of benzene rings is 1. The maximum Gasteiger partial charge on any atom is 0.191 e. The lowest BCUT2D eigenvalue weighted by atomic mass is 9.73. The zero-order chi connectivity index (χ0) is 21.4. The van der Waals surface area contributed by atoms with Crippen molar-refractivity contribution in [3.63, 3.8) is 0 Å². The molecule has 1 aliphatic rings. The van der Waals surface area contributed by atoms with Crippen LogP contribution in [0.2, 0.25) is 5.15 Å². The van der Waals surface area contributed by atoms with E-state index in [1.807, 2.05) is 12.1 Å². The fourth-order valence-corrected chi connectivity index (χ4v) is 4.00. The van der Waals surface area contributed by atoms with Crippen molar-refractivity contribution in [1.29, 1.82) is 0 Å². The number of nitrogens with zero attached hydrogens (tertiary/aromatic N) is 2. The van der Waals surface area contributed by atoms with Gasteiger partial charge in [-0.3, -0.25) is 4.99 Å². The quantitative estimate of drug-likeness (QED) is 0.232. The van der Waals surface area contributed by atoms with Crippen LogP contribution in [0.25, 0.3) is 0 Å². The SMILES string of the molecule is CN=C(NCCc1ccc(Cl)nc1)NCC1(c2cc(C)ccc2OC)CCOCC1.I. The van der Waals surface area contributed by atoms with Crippen molar-refractivity contribution in [2.75, 3.05) is 40.5 Å². The van der Waals surface area contributed by atoms with Crippen LogP contribution < -0.4 is 15.4 Å². The molecule has 8 heteroatoms. The minimum Gasteiger partial charge on any atom is -0.496 e. The Morgan fingerprint density at radius 2 is 2.00 bits per heavy atom. The summed E-state index contributed by atoms with van der Waals surface area (Å²) < 4.78 is 11.4. The summed E-state index contributed by atoms with van der Waals surface area (Å²) in [7, 11) is 3.53. The Kier molecular flexibility index (Phi) is 10.3. The van der Waals surface area contributed by atoms with Crippen molar-refractivity contribution in [1.82, 2.24) is 15.6 Å². The van der Waals surface area contributed by atoms with Gasteiger partial charge in [0.2, 0.25) is 0 Å². The molecular formula is C23H32ClIN4O2. The van der Waals surface area contributed by atoms with Gasteiger partial charge in [-0.1, -0.05) is 35.4 Å². The number of rotatable bonds is 7. The van der Waals surface area contributed by atoms with Crippen LogP contribution in [-0.2, 0) is 16.6 Å². The number of nitrogens with one attached hydrogen (secondary N) is 2. The number of pyridine rings is 1. The van der Waals surface area contributed by atoms with Gasteiger partial charge in [-0.25, -0.2) is 4.98 Å². The van der Waals surface area contributed by atoms with Crippen LogP contribution in [0.1, 0.15) is 29.5 Å². The van der Waals surface area contributed by atoms with Crippen LogP contribution in [0, 0.1) is 6.92 Å². The van der Waals surface area contributed by atoms with Crippen molar-refractivity contribution < 1.29 is 9.47 Å². The van der Waals surface area contributed by atoms with Crippen LogP contribution in [0.3, 0.4) is 0 Å². The monoisotopic (exact) mass is 558 g/mol. The molecule has 0 spiro atoms. The van der Waals surface area contributed by atoms with Crippen LogP contribution >= 0.6 is 35.6 Å². The van der Waals surface area contributed by atoms with Crippen LogP contribution in [-0.4, -0.2) is 51.4 Å². The van der Waals surface area contributed by atoms with Gasteiger partial charge < -0.3 is 20.1 Å². The van der Waals surface area contributed by atoms with E-state index in [4.69, 9.17) is 21.1 Å². The van der Waals surface area contributed by atoms with E-state index in [0.29, 0.717) is 5.15 Å². The number of hydrogen-bond donors (Lipinski definition) is 2. The zero-order valence-corrected chi connectivity index (χ0v) is 21.5. The molecule has 31 heavy (non-hydrogen) atoms. The molecule has 0 bridgehead atoms. The first-order chi connectivity index (χ1) is 14.6. The summed E-state index contributed by atoms with van der Waals surface area (Å²) in [5.74, 6) is 1.72. The highest BCUT2D eigenvalue weighted by Crippen LogP contribution is 2.40. The second-order valence-corrected chi connectivity index (χ2v) is 8.08. The standard InChI is InChI=1S/C23H31ClN4O2.HI/c1-17-4-6-20(29-3)19(14-17)23(9-12-30-13-10-23)16-28-22(25-2)26-11-8-18-5-7-21(24)27-15-18;/h4-7,14-15H,8-13,16H2,1-3H3,(H2,25,26,28);1H. The van der Waals surface area contributed by atoms with Gasteiger partial charge in [0.1, 0.15) is 10.9 Å². The minimum atomic E-state index is -0.0622. The van der Waals surface area contributed by atoms with E-state index < -0.39 is 0 Å². The molecule has 0 amide bonds. The third-order valence-electron chi connectivity index (χ3n) is 5.69. The van der Waals surface area contributed by atoms with Crippen molar-refractivity contribution in [2.24, 2.45) is 4.99 Å². The van der Waals surface area contributed by atoms with Crippen molar-refractivity contribution in [3.8, 4) is 5.75 Å². The summed E-state index contributed by atoms with van der Waals surface area (Å²) in [5, 5.41) is 7.44. The second kappa shape index (κ2) is 12.5. The predicted octanol–water partition coefficient (Wildman–Crippen LogP) is 4.13. The van der Waals surface area contributed by atoms with Gasteiger partial charge in [-0.05, 0) is 43.9 Å². The highest BCUT2D eigenvalue weighted by atomic mass is 127. The number of aliphatic imine (C=N–C) groups is 1. The Morgan fingerprint density at radius 3 is 2.65 bits per heavy atom. The van der Waals surface area contributed by atoms with Crippen LogP contribution in [0.15, 0.2) is 41.5 Å². The van der Waals surface area contributed by atoms with Gasteiger partial charge in [0, 0.05) is 50.5 Å². The van der Waals surface area contributed by atoms with E-state index in [-0.39, 0.29) is 29.4 Å². The Labute approximate surface area is 207 Å². The summed E-state index contributed by atoms with van der Waals surface area (Å²) in [5.41, 5.74) is 3.54. The molecule has 1 aliphatic heterocycles. The maximum atomic E-state index is 5.85. The van der Waals surface area contributed by atoms with Crippen LogP contribution in [0.4, 0.5) is 0 Å². The molecular weight excluding hydrogens is 527 g/mol. The van der Waals surface area contributed by atoms with Gasteiger partial charge >= 0.3 is 0 Å². The molecule has 170 valence electrons. The topological polar surface area (TPSA) is 67.8 Å². The van der Waals surface area contributed by atoms with E-state index in [9.17, 15) is 0 Å². The largest absolute Gasteiger partial charge is 0.496 e. The summed E-state index contributed by atoms with van der Waals surface area (Å²) >= 11 is 5.85. The van der Waals surface area contributed by atoms with Crippen molar-refractivity contribution in [3.05, 3.63) is 58.4 Å². The van der Waals surface area contributed by atoms with Gasteiger partial charge in [-0.15, -0.1) is 24.0 Å². The Morgan fingerprint density at radius 1 is 1.23 bits per heavy atom. The highest BCUT2D eigenvalue weighted by molar-refractivity contribution is 14.0. The lowest BCUT2D eigenvalue weighted by Crippen LogP contribution is -2.48. The van der Waals surface area contributed by atoms with Crippen molar-refractivity contribution in [2.45, 2.75) is 31.6 Å². The summed E-state index contributed by atoms with van der Waals surface area (Å²) in [4.78, 5) is 8.53. The Bertz CT molecular complexity index is 855. The highest BCUT2D eigenvalue weighted by Gasteiger charge is 2.37. The van der Waals surface area contributed by atoms with E-state index in [2.05, 4.69) is 45.7 Å². The Balaban J connectivity index is 0.00000341. The maximum absolute atomic E-state index is 5.85. The summed E-state index contributed by atoms with van der Waals surface area (Å²) in [6.07, 6.45) is 4.53. The van der Waals surface area contributed by atoms with E-state index >= 15 is 0 Å². The summed E-state index contributed by atoms with van der Waals surface area (Å²) in [6.45, 7) is 5.13. The summed E-state index contributed by atoms with van der Waals surface area (Å²) in [6, 6.07) is 10.2. The molecule has 2 heterocycles. The first-order valence-electron chi connectivity index (χ1n) is 10.3. The average Bonchev–Trinajstić information content (AvgIpc) is 2.78. The number of ether oxygens (including phenoxy) is 2. The van der Waals surface area contributed by atoms with Gasteiger partial charge in [0.15, 0.2) is 5.96 Å². The molecule has 1 saturated heterocycles. The Hall–Kier alpha value is -1.58. The van der Waals surface area contributed by atoms with Crippen LogP contribution in [0.5, 0.6) is 5.75 Å². The fourth-order valence-electron chi connectivity index (χ4n) is 3.89. The molecule has 0 saturated carbocycles. The lowest BCUT2D eigenvalue weighted by Gasteiger charge is -2.39. The molecule has 2 aromatic rings. The molecule has 0 unspecified atom stereocenters. The molecule has 1 aromatic carbocycles. The molecule has 0 aliphatic carbocycles. The van der Waals surface area contributed by atoms with Gasteiger partial charge in [0.25, 0.3) is 0 Å². The third kappa shape index (κ3) is 6.95. The molecule has 0 atom stereocenters. The number of methoxy groups -OCH3 is 1. The molecule has 2 N–H and O–H groups in total. The average molecular weight is 559 g/mol. The predicted molar refractivity (Wildman–Crippen MR) is 137 cm³/mol. The second-order valence-electron chi connectivity index (χ2n) is 7.69. The molecule has 0 radical (unpaired) electrons. The van der Waals surface area contributed by atoms with E-state index in [1.165, 1.54) is 11.1 Å². The number of aryl methyl sites for hydroxylation is 1.